The maximum atomic E-state index is 13.7. The van der Waals surface area contributed by atoms with E-state index in [0.717, 1.165) is 24.5 Å². The minimum atomic E-state index is -0.382. The van der Waals surface area contributed by atoms with Crippen LogP contribution in [-0.2, 0) is 0 Å². The maximum absolute atomic E-state index is 13.7. The molecule has 1 aromatic carbocycles. The molecule has 0 saturated carbocycles. The first-order valence-electron chi connectivity index (χ1n) is 6.11. The summed E-state index contributed by atoms with van der Waals surface area (Å²) in [5, 5.41) is 6.56. The van der Waals surface area contributed by atoms with Crippen molar-refractivity contribution < 1.29 is 4.39 Å². The molecule has 19 heavy (non-hydrogen) atoms. The molecule has 2 aromatic rings. The summed E-state index contributed by atoms with van der Waals surface area (Å²) in [7, 11) is 0. The lowest BCUT2D eigenvalue weighted by atomic mass is 10.3. The van der Waals surface area contributed by atoms with E-state index in [-0.39, 0.29) is 5.82 Å². The van der Waals surface area contributed by atoms with Gasteiger partial charge in [0.25, 0.3) is 0 Å². The van der Waals surface area contributed by atoms with Crippen LogP contribution in [-0.4, -0.2) is 11.5 Å². The van der Waals surface area contributed by atoms with Gasteiger partial charge in [-0.3, -0.25) is 0 Å². The van der Waals surface area contributed by atoms with Gasteiger partial charge in [-0.1, -0.05) is 18.5 Å². The van der Waals surface area contributed by atoms with Crippen molar-refractivity contribution in [2.45, 2.75) is 13.3 Å². The highest BCUT2D eigenvalue weighted by Gasteiger charge is 2.04. The third-order valence-corrected chi connectivity index (χ3v) is 2.76. The number of hydrogen-bond donors (Lipinski definition) is 2. The molecule has 5 heteroatoms. The number of benzene rings is 1. The Balaban J connectivity index is 2.14. The molecule has 0 amide bonds. The van der Waals surface area contributed by atoms with Crippen molar-refractivity contribution in [1.82, 2.24) is 4.98 Å². The minimum absolute atomic E-state index is 0.378. The fraction of sp³-hybridized carbons (Fsp3) is 0.214. The summed E-state index contributed by atoms with van der Waals surface area (Å²) < 4.78 is 13.7. The monoisotopic (exact) mass is 279 g/mol. The standard InChI is InChI=1S/C14H15ClFN3/c1-2-6-17-14-9-11(5-7-18-14)19-13-4-3-10(15)8-12(13)16/h3-5,7-9H,2,6H2,1H3,(H2,17,18,19). The number of pyridine rings is 1. The van der Waals surface area contributed by atoms with E-state index in [1.54, 1.807) is 24.4 Å². The molecule has 0 unspecified atom stereocenters. The van der Waals surface area contributed by atoms with Crippen LogP contribution in [0.2, 0.25) is 5.02 Å². The average molecular weight is 280 g/mol. The third-order valence-electron chi connectivity index (χ3n) is 2.53. The molecule has 0 radical (unpaired) electrons. The first-order valence-corrected chi connectivity index (χ1v) is 6.49. The Morgan fingerprint density at radius 3 is 2.84 bits per heavy atom. The van der Waals surface area contributed by atoms with Crippen molar-refractivity contribution in [3.63, 3.8) is 0 Å². The third kappa shape index (κ3) is 3.83. The molecule has 0 saturated heterocycles. The van der Waals surface area contributed by atoms with Crippen LogP contribution in [0.4, 0.5) is 21.6 Å². The van der Waals surface area contributed by atoms with Gasteiger partial charge in [-0.05, 0) is 30.7 Å². The lowest BCUT2D eigenvalue weighted by molar-refractivity contribution is 0.632. The second-order valence-corrected chi connectivity index (χ2v) is 4.54. The van der Waals surface area contributed by atoms with E-state index >= 15 is 0 Å². The summed E-state index contributed by atoms with van der Waals surface area (Å²) in [6, 6.07) is 8.15. The van der Waals surface area contributed by atoms with Crippen molar-refractivity contribution in [3.05, 3.63) is 47.4 Å². The van der Waals surface area contributed by atoms with Crippen LogP contribution in [0.5, 0.6) is 0 Å². The Hall–Kier alpha value is -1.81. The second kappa shape index (κ2) is 6.38. The first-order chi connectivity index (χ1) is 9.19. The highest BCUT2D eigenvalue weighted by atomic mass is 35.5. The van der Waals surface area contributed by atoms with Crippen LogP contribution in [0.3, 0.4) is 0 Å². The fourth-order valence-electron chi connectivity index (χ4n) is 1.60. The van der Waals surface area contributed by atoms with E-state index in [4.69, 9.17) is 11.6 Å². The van der Waals surface area contributed by atoms with Crippen LogP contribution in [0.25, 0.3) is 0 Å². The number of nitrogens with zero attached hydrogens (tertiary/aromatic N) is 1. The summed E-state index contributed by atoms with van der Waals surface area (Å²) in [5.41, 5.74) is 1.16. The number of halogens is 2. The van der Waals surface area contributed by atoms with Crippen molar-refractivity contribution in [2.75, 3.05) is 17.2 Å². The Morgan fingerprint density at radius 2 is 2.11 bits per heavy atom. The van der Waals surface area contributed by atoms with Crippen LogP contribution in [0.15, 0.2) is 36.5 Å². The van der Waals surface area contributed by atoms with Crippen LogP contribution >= 0.6 is 11.6 Å². The smallest absolute Gasteiger partial charge is 0.148 e. The predicted octanol–water partition coefficient (Wildman–Crippen LogP) is 4.44. The van der Waals surface area contributed by atoms with Gasteiger partial charge < -0.3 is 10.6 Å². The molecular weight excluding hydrogens is 265 g/mol. The van der Waals surface area contributed by atoms with Crippen molar-refractivity contribution in [3.8, 4) is 0 Å². The largest absolute Gasteiger partial charge is 0.370 e. The number of aromatic nitrogens is 1. The maximum Gasteiger partial charge on any atom is 0.148 e. The minimum Gasteiger partial charge on any atom is -0.370 e. The highest BCUT2D eigenvalue weighted by Crippen LogP contribution is 2.23. The molecule has 2 N–H and O–H groups in total. The molecule has 0 aliphatic heterocycles. The SMILES string of the molecule is CCCNc1cc(Nc2ccc(Cl)cc2F)ccn1. The zero-order valence-electron chi connectivity index (χ0n) is 10.6. The molecule has 0 fully saturated rings. The summed E-state index contributed by atoms with van der Waals surface area (Å²) in [6.07, 6.45) is 2.69. The lowest BCUT2D eigenvalue weighted by Gasteiger charge is -2.10. The molecule has 1 heterocycles. The van der Waals surface area contributed by atoms with Crippen LogP contribution in [0, 0.1) is 5.82 Å². The number of rotatable bonds is 5. The van der Waals surface area contributed by atoms with Gasteiger partial charge in [0.15, 0.2) is 0 Å². The zero-order chi connectivity index (χ0) is 13.7. The van der Waals surface area contributed by atoms with Crippen LogP contribution in [0.1, 0.15) is 13.3 Å². The molecule has 0 aliphatic rings. The Kier molecular flexibility index (Phi) is 4.58. The summed E-state index contributed by atoms with van der Waals surface area (Å²) >= 11 is 5.71. The molecule has 1 aromatic heterocycles. The summed E-state index contributed by atoms with van der Waals surface area (Å²) in [5.74, 6) is 0.383. The van der Waals surface area contributed by atoms with E-state index in [0.29, 0.717) is 10.7 Å². The average Bonchev–Trinajstić information content (AvgIpc) is 2.40. The van der Waals surface area contributed by atoms with E-state index in [1.165, 1.54) is 6.07 Å². The second-order valence-electron chi connectivity index (χ2n) is 4.11. The van der Waals surface area contributed by atoms with Gasteiger partial charge in [0.05, 0.1) is 5.69 Å². The zero-order valence-corrected chi connectivity index (χ0v) is 11.3. The number of hydrogen-bond acceptors (Lipinski definition) is 3. The molecule has 3 nitrogen and oxygen atoms in total. The topological polar surface area (TPSA) is 37.0 Å². The number of anilines is 3. The predicted molar refractivity (Wildman–Crippen MR) is 77.7 cm³/mol. The number of nitrogens with one attached hydrogen (secondary N) is 2. The molecule has 0 aliphatic carbocycles. The van der Waals surface area contributed by atoms with Gasteiger partial charge in [0.1, 0.15) is 11.6 Å². The molecular formula is C14H15ClFN3. The van der Waals surface area contributed by atoms with E-state index < -0.39 is 0 Å². The molecule has 2 rings (SSSR count). The first kappa shape index (κ1) is 13.6. The Bertz CT molecular complexity index is 560. The molecule has 0 bridgehead atoms. The molecule has 100 valence electrons. The van der Waals surface area contributed by atoms with E-state index in [9.17, 15) is 4.39 Å². The quantitative estimate of drug-likeness (QED) is 0.849. The normalized spacial score (nSPS) is 10.3. The van der Waals surface area contributed by atoms with Gasteiger partial charge in [0, 0.05) is 29.5 Å². The van der Waals surface area contributed by atoms with Crippen molar-refractivity contribution in [2.24, 2.45) is 0 Å². The summed E-state index contributed by atoms with van der Waals surface area (Å²) in [4.78, 5) is 4.19. The summed E-state index contributed by atoms with van der Waals surface area (Å²) in [6.45, 7) is 2.93. The van der Waals surface area contributed by atoms with Gasteiger partial charge in [0.2, 0.25) is 0 Å². The van der Waals surface area contributed by atoms with Gasteiger partial charge in [-0.2, -0.15) is 0 Å². The van der Waals surface area contributed by atoms with Gasteiger partial charge in [-0.25, -0.2) is 9.37 Å². The Labute approximate surface area is 116 Å². The molecule has 0 atom stereocenters. The van der Waals surface area contributed by atoms with Gasteiger partial charge in [-0.15, -0.1) is 0 Å². The van der Waals surface area contributed by atoms with Gasteiger partial charge >= 0.3 is 0 Å². The molecule has 0 spiro atoms. The lowest BCUT2D eigenvalue weighted by Crippen LogP contribution is -2.02. The van der Waals surface area contributed by atoms with E-state index in [2.05, 4.69) is 22.5 Å². The van der Waals surface area contributed by atoms with Crippen molar-refractivity contribution >= 4 is 28.8 Å². The fourth-order valence-corrected chi connectivity index (χ4v) is 1.76. The van der Waals surface area contributed by atoms with Crippen molar-refractivity contribution in [1.29, 1.82) is 0 Å². The highest BCUT2D eigenvalue weighted by molar-refractivity contribution is 6.30. The van der Waals surface area contributed by atoms with Crippen LogP contribution < -0.4 is 10.6 Å². The Morgan fingerprint density at radius 1 is 1.26 bits per heavy atom. The van der Waals surface area contributed by atoms with E-state index in [1.807, 2.05) is 6.07 Å².